The van der Waals surface area contributed by atoms with Crippen molar-refractivity contribution in [2.75, 3.05) is 0 Å². The van der Waals surface area contributed by atoms with Gasteiger partial charge in [-0.15, -0.1) is 11.6 Å². The largest absolute Gasteiger partial charge is 0.416 e. The molecule has 1 aliphatic carbocycles. The molecule has 2 atom stereocenters. The second-order valence-electron chi connectivity index (χ2n) is 4.68. The van der Waals surface area contributed by atoms with E-state index in [1.54, 1.807) is 0 Å². The molecule has 1 saturated carbocycles. The summed E-state index contributed by atoms with van der Waals surface area (Å²) in [4.78, 5) is 0. The Bertz CT molecular complexity index is 432. The summed E-state index contributed by atoms with van der Waals surface area (Å²) in [6.45, 7) is 0. The third kappa shape index (κ3) is 2.36. The van der Waals surface area contributed by atoms with Crippen LogP contribution in [0.25, 0.3) is 0 Å². The Kier molecular flexibility index (Phi) is 3.60. The fourth-order valence-electron chi connectivity index (χ4n) is 2.52. The summed E-state index contributed by atoms with van der Waals surface area (Å²) >= 11 is 6.06. The zero-order chi connectivity index (χ0) is 13.4. The quantitative estimate of drug-likeness (QED) is 0.768. The highest BCUT2D eigenvalue weighted by Crippen LogP contribution is 2.45. The number of aliphatic hydroxyl groups is 1. The molecule has 0 aliphatic heterocycles. The Morgan fingerprint density at radius 2 is 1.89 bits per heavy atom. The molecule has 1 aromatic rings. The van der Waals surface area contributed by atoms with Gasteiger partial charge in [-0.25, -0.2) is 0 Å². The normalized spacial score (nSPS) is 29.3. The number of benzene rings is 1. The first-order valence-electron chi connectivity index (χ1n) is 5.89. The van der Waals surface area contributed by atoms with E-state index in [2.05, 4.69) is 0 Å². The van der Waals surface area contributed by atoms with Gasteiger partial charge in [0, 0.05) is 0 Å². The number of hydrogen-bond acceptors (Lipinski definition) is 1. The summed E-state index contributed by atoms with van der Waals surface area (Å²) in [5.41, 5.74) is -2.47. The average molecular weight is 279 g/mol. The molecular formula is C13H14ClF3O. The van der Waals surface area contributed by atoms with E-state index >= 15 is 0 Å². The Morgan fingerprint density at radius 1 is 1.22 bits per heavy atom. The molecule has 5 heteroatoms. The summed E-state index contributed by atoms with van der Waals surface area (Å²) in [6, 6.07) is 5.14. The van der Waals surface area contributed by atoms with Crippen LogP contribution in [0.4, 0.5) is 13.2 Å². The van der Waals surface area contributed by atoms with E-state index in [1.807, 2.05) is 0 Å². The molecule has 1 nitrogen and oxygen atoms in total. The van der Waals surface area contributed by atoms with Gasteiger partial charge in [0.15, 0.2) is 0 Å². The number of alkyl halides is 4. The topological polar surface area (TPSA) is 20.2 Å². The standard InChI is InChI=1S/C13H14ClF3O/c14-11-7-3-4-8-12(11,18)9-5-1-2-6-10(9)13(15,16)17/h1-2,5-6,11,18H,3-4,7-8H2. The second kappa shape index (κ2) is 4.74. The van der Waals surface area contributed by atoms with Crippen molar-refractivity contribution in [1.29, 1.82) is 0 Å². The lowest BCUT2D eigenvalue weighted by Gasteiger charge is -2.38. The Morgan fingerprint density at radius 3 is 2.50 bits per heavy atom. The number of halogens is 4. The third-order valence-corrected chi connectivity index (χ3v) is 4.06. The highest BCUT2D eigenvalue weighted by molar-refractivity contribution is 6.21. The molecule has 1 N–H and O–H groups in total. The van der Waals surface area contributed by atoms with E-state index in [4.69, 9.17) is 11.6 Å². The van der Waals surface area contributed by atoms with Crippen LogP contribution in [0, 0.1) is 0 Å². The molecule has 0 heterocycles. The van der Waals surface area contributed by atoms with Gasteiger partial charge in [-0.2, -0.15) is 13.2 Å². The maximum absolute atomic E-state index is 12.9. The SMILES string of the molecule is OC1(c2ccccc2C(F)(F)F)CCCCC1Cl. The van der Waals surface area contributed by atoms with Gasteiger partial charge >= 0.3 is 6.18 Å². The maximum Gasteiger partial charge on any atom is 0.416 e. The van der Waals surface area contributed by atoms with Gasteiger partial charge in [-0.3, -0.25) is 0 Å². The third-order valence-electron chi connectivity index (χ3n) is 3.48. The van der Waals surface area contributed by atoms with Crippen molar-refractivity contribution in [1.82, 2.24) is 0 Å². The van der Waals surface area contributed by atoms with E-state index in [0.29, 0.717) is 12.8 Å². The number of rotatable bonds is 1. The molecular weight excluding hydrogens is 265 g/mol. The van der Waals surface area contributed by atoms with Crippen molar-refractivity contribution < 1.29 is 18.3 Å². The molecule has 0 aromatic heterocycles. The van der Waals surface area contributed by atoms with Crippen LogP contribution in [0.5, 0.6) is 0 Å². The van der Waals surface area contributed by atoms with E-state index in [1.165, 1.54) is 18.2 Å². The van der Waals surface area contributed by atoms with E-state index in [-0.39, 0.29) is 12.0 Å². The maximum atomic E-state index is 12.9. The van der Waals surface area contributed by atoms with Gasteiger partial charge in [0.1, 0.15) is 5.60 Å². The minimum absolute atomic E-state index is 0.0998. The van der Waals surface area contributed by atoms with Gasteiger partial charge < -0.3 is 5.11 Å². The molecule has 0 saturated heterocycles. The first kappa shape index (κ1) is 13.7. The molecule has 0 bridgehead atoms. The van der Waals surface area contributed by atoms with Crippen molar-refractivity contribution >= 4 is 11.6 Å². The van der Waals surface area contributed by atoms with Crippen LogP contribution in [-0.2, 0) is 11.8 Å². The van der Waals surface area contributed by atoms with Crippen molar-refractivity contribution in [2.24, 2.45) is 0 Å². The average Bonchev–Trinajstić information content (AvgIpc) is 2.32. The number of hydrogen-bond donors (Lipinski definition) is 1. The molecule has 1 fully saturated rings. The first-order valence-corrected chi connectivity index (χ1v) is 6.32. The first-order chi connectivity index (χ1) is 8.36. The summed E-state index contributed by atoms with van der Waals surface area (Å²) in [5, 5.41) is 9.85. The summed E-state index contributed by atoms with van der Waals surface area (Å²) in [7, 11) is 0. The van der Waals surface area contributed by atoms with E-state index < -0.39 is 22.7 Å². The van der Waals surface area contributed by atoms with Crippen molar-refractivity contribution in [3.63, 3.8) is 0 Å². The van der Waals surface area contributed by atoms with Crippen LogP contribution < -0.4 is 0 Å². The molecule has 0 spiro atoms. The predicted octanol–water partition coefficient (Wildman–Crippen LogP) is 4.07. The molecule has 1 aromatic carbocycles. The molecule has 2 unspecified atom stereocenters. The molecule has 0 radical (unpaired) electrons. The molecule has 0 amide bonds. The monoisotopic (exact) mass is 278 g/mol. The van der Waals surface area contributed by atoms with E-state index in [9.17, 15) is 18.3 Å². The van der Waals surface area contributed by atoms with Crippen LogP contribution in [-0.4, -0.2) is 10.5 Å². The lowest BCUT2D eigenvalue weighted by Crippen LogP contribution is -2.40. The van der Waals surface area contributed by atoms with Crippen LogP contribution in [0.3, 0.4) is 0 Å². The highest BCUT2D eigenvalue weighted by atomic mass is 35.5. The van der Waals surface area contributed by atoms with Gasteiger partial charge in [-0.1, -0.05) is 31.0 Å². The Hall–Kier alpha value is -0.740. The summed E-state index contributed by atoms with van der Waals surface area (Å²) in [5.74, 6) is 0. The van der Waals surface area contributed by atoms with E-state index in [0.717, 1.165) is 12.5 Å². The second-order valence-corrected chi connectivity index (χ2v) is 5.21. The van der Waals surface area contributed by atoms with Gasteiger partial charge in [0.2, 0.25) is 0 Å². The van der Waals surface area contributed by atoms with Crippen molar-refractivity contribution in [2.45, 2.75) is 42.8 Å². The lowest BCUT2D eigenvalue weighted by molar-refractivity contribution is -0.141. The summed E-state index contributed by atoms with van der Waals surface area (Å²) in [6.07, 6.45) is -2.14. The highest BCUT2D eigenvalue weighted by Gasteiger charge is 2.45. The van der Waals surface area contributed by atoms with Gasteiger partial charge in [0.05, 0.1) is 10.9 Å². The molecule has 18 heavy (non-hydrogen) atoms. The van der Waals surface area contributed by atoms with Crippen LogP contribution in [0.15, 0.2) is 24.3 Å². The van der Waals surface area contributed by atoms with Crippen LogP contribution in [0.2, 0.25) is 0 Å². The Labute approximate surface area is 109 Å². The fraction of sp³-hybridized carbons (Fsp3) is 0.538. The van der Waals surface area contributed by atoms with Crippen LogP contribution in [0.1, 0.15) is 36.8 Å². The fourth-order valence-corrected chi connectivity index (χ4v) is 2.91. The van der Waals surface area contributed by atoms with Crippen LogP contribution >= 0.6 is 11.6 Å². The predicted molar refractivity (Wildman–Crippen MR) is 63.4 cm³/mol. The minimum atomic E-state index is -4.47. The van der Waals surface area contributed by atoms with Crippen molar-refractivity contribution in [3.05, 3.63) is 35.4 Å². The molecule has 100 valence electrons. The smallest absolute Gasteiger partial charge is 0.384 e. The summed E-state index contributed by atoms with van der Waals surface area (Å²) < 4.78 is 38.8. The molecule has 1 aliphatic rings. The zero-order valence-corrected chi connectivity index (χ0v) is 10.4. The van der Waals surface area contributed by atoms with Gasteiger partial charge in [-0.05, 0) is 24.5 Å². The Balaban J connectivity index is 2.50. The lowest BCUT2D eigenvalue weighted by atomic mass is 9.77. The van der Waals surface area contributed by atoms with Crippen molar-refractivity contribution in [3.8, 4) is 0 Å². The van der Waals surface area contributed by atoms with Gasteiger partial charge in [0.25, 0.3) is 0 Å². The minimum Gasteiger partial charge on any atom is -0.384 e. The molecule has 2 rings (SSSR count). The zero-order valence-electron chi connectivity index (χ0n) is 9.67.